The van der Waals surface area contributed by atoms with Gasteiger partial charge in [0.2, 0.25) is 5.91 Å². The number of halogens is 1. The molecule has 6 nitrogen and oxygen atoms in total. The average molecular weight is 392 g/mol. The highest BCUT2D eigenvalue weighted by molar-refractivity contribution is 5.80. The normalized spacial score (nSPS) is 12.8. The number of amides is 1. The molecule has 1 amide bonds. The van der Waals surface area contributed by atoms with E-state index in [1.165, 1.54) is 12.1 Å². The van der Waals surface area contributed by atoms with E-state index in [0.29, 0.717) is 36.8 Å². The molecular weight excluding hydrogens is 371 g/mol. The number of pyridine rings is 2. The molecule has 1 aromatic carbocycles. The zero-order valence-electron chi connectivity index (χ0n) is 16.1. The van der Waals surface area contributed by atoms with Gasteiger partial charge in [0.25, 0.3) is 0 Å². The van der Waals surface area contributed by atoms with Gasteiger partial charge in [0.15, 0.2) is 0 Å². The molecule has 0 spiro atoms. The molecule has 0 saturated heterocycles. The third-order valence-corrected chi connectivity index (χ3v) is 4.94. The monoisotopic (exact) mass is 392 g/mol. The molecule has 0 atom stereocenters. The quantitative estimate of drug-likeness (QED) is 0.722. The van der Waals surface area contributed by atoms with E-state index >= 15 is 0 Å². The van der Waals surface area contributed by atoms with E-state index in [2.05, 4.69) is 9.97 Å². The van der Waals surface area contributed by atoms with Crippen LogP contribution in [0.4, 0.5) is 10.1 Å². The van der Waals surface area contributed by atoms with Crippen molar-refractivity contribution in [1.82, 2.24) is 14.9 Å². The Labute approximate surface area is 168 Å². The van der Waals surface area contributed by atoms with E-state index in [1.807, 2.05) is 12.1 Å². The van der Waals surface area contributed by atoms with Crippen LogP contribution in [0.5, 0.6) is 0 Å². The van der Waals surface area contributed by atoms with Crippen LogP contribution in [-0.4, -0.2) is 27.9 Å². The number of carbonyl (C=O) groups is 1. The molecule has 0 fully saturated rings. The molecule has 148 valence electrons. The van der Waals surface area contributed by atoms with Gasteiger partial charge in [0.1, 0.15) is 5.82 Å². The van der Waals surface area contributed by atoms with Crippen molar-refractivity contribution in [3.63, 3.8) is 0 Å². The Morgan fingerprint density at radius 1 is 1.10 bits per heavy atom. The Hall–Kier alpha value is -3.32. The second-order valence-corrected chi connectivity index (χ2v) is 7.01. The average Bonchev–Trinajstić information content (AvgIpc) is 3.14. The highest BCUT2D eigenvalue weighted by Gasteiger charge is 2.25. The lowest BCUT2D eigenvalue weighted by Gasteiger charge is -2.16. The van der Waals surface area contributed by atoms with Crippen molar-refractivity contribution in [2.24, 2.45) is 0 Å². The molecular formula is C22H21FN4O2. The van der Waals surface area contributed by atoms with Crippen molar-refractivity contribution < 1.29 is 13.9 Å². The van der Waals surface area contributed by atoms with E-state index in [9.17, 15) is 9.18 Å². The zero-order chi connectivity index (χ0) is 20.4. The number of nitrogens with two attached hydrogens (primary N) is 1. The summed E-state index contributed by atoms with van der Waals surface area (Å²) in [5.74, 6) is -0.373. The Balaban J connectivity index is 1.50. The summed E-state index contributed by atoms with van der Waals surface area (Å²) in [5.41, 5.74) is 11.2. The molecule has 7 heteroatoms. The third kappa shape index (κ3) is 4.09. The van der Waals surface area contributed by atoms with Gasteiger partial charge >= 0.3 is 0 Å². The van der Waals surface area contributed by atoms with E-state index in [0.717, 1.165) is 22.5 Å². The van der Waals surface area contributed by atoms with E-state index in [-0.39, 0.29) is 18.1 Å². The number of nitrogens with zero attached hydrogens (tertiary/aromatic N) is 3. The predicted molar refractivity (Wildman–Crippen MR) is 107 cm³/mol. The smallest absolute Gasteiger partial charge is 0.229 e. The van der Waals surface area contributed by atoms with Gasteiger partial charge in [0.05, 0.1) is 48.0 Å². The maximum absolute atomic E-state index is 13.2. The summed E-state index contributed by atoms with van der Waals surface area (Å²) in [5, 5.41) is 0. The number of hydrogen-bond donors (Lipinski definition) is 1. The van der Waals surface area contributed by atoms with Crippen molar-refractivity contribution in [3.05, 3.63) is 77.0 Å². The highest BCUT2D eigenvalue weighted by atomic mass is 19.1. The molecule has 0 saturated carbocycles. The van der Waals surface area contributed by atoms with Crippen LogP contribution in [0.15, 0.2) is 48.5 Å². The summed E-state index contributed by atoms with van der Waals surface area (Å²) in [6.07, 6.45) is 0.0970. The van der Waals surface area contributed by atoms with Crippen LogP contribution < -0.4 is 5.73 Å². The number of fused-ring (bicyclic) bond motifs is 1. The minimum atomic E-state index is -0.310. The fourth-order valence-corrected chi connectivity index (χ4v) is 3.39. The van der Waals surface area contributed by atoms with Crippen molar-refractivity contribution in [2.75, 3.05) is 12.8 Å². The summed E-state index contributed by atoms with van der Waals surface area (Å²) in [6, 6.07) is 13.5. The van der Waals surface area contributed by atoms with Crippen molar-refractivity contribution in [3.8, 4) is 11.3 Å². The van der Waals surface area contributed by atoms with Crippen molar-refractivity contribution in [2.45, 2.75) is 26.1 Å². The van der Waals surface area contributed by atoms with E-state index in [1.54, 1.807) is 36.3 Å². The standard InChI is InChI=1S/C22H21FN4O2/c1-29-13-17-7-4-15-11-27(12-21(15)25-17)22(28)10-20-18(24)8-9-19(26-20)14-2-5-16(23)6-3-14/h2-9H,10-13,24H2,1H3. The van der Waals surface area contributed by atoms with Gasteiger partial charge in [-0.05, 0) is 48.0 Å². The number of hydrogen-bond acceptors (Lipinski definition) is 5. The predicted octanol–water partition coefficient (Wildman–Crippen LogP) is 3.10. The Kier molecular flexibility index (Phi) is 5.22. The molecule has 0 radical (unpaired) electrons. The van der Waals surface area contributed by atoms with Crippen molar-refractivity contribution in [1.29, 1.82) is 0 Å². The minimum Gasteiger partial charge on any atom is -0.397 e. The molecule has 2 aromatic heterocycles. The fraction of sp³-hybridized carbons (Fsp3) is 0.227. The number of carbonyl (C=O) groups excluding carboxylic acids is 1. The SMILES string of the molecule is COCc1ccc2c(n1)CN(C(=O)Cc1nc(-c3ccc(F)cc3)ccc1N)C2. The van der Waals surface area contributed by atoms with Gasteiger partial charge in [0, 0.05) is 19.2 Å². The number of ether oxygens (including phenoxy) is 1. The van der Waals surface area contributed by atoms with Gasteiger partial charge in [-0.1, -0.05) is 6.07 Å². The third-order valence-electron chi connectivity index (χ3n) is 4.94. The number of benzene rings is 1. The fourth-order valence-electron chi connectivity index (χ4n) is 3.39. The second kappa shape index (κ2) is 7.97. The van der Waals surface area contributed by atoms with Crippen LogP contribution in [0.25, 0.3) is 11.3 Å². The molecule has 2 N–H and O–H groups in total. The zero-order valence-corrected chi connectivity index (χ0v) is 16.1. The number of anilines is 1. The summed E-state index contributed by atoms with van der Waals surface area (Å²) in [7, 11) is 1.63. The van der Waals surface area contributed by atoms with Crippen LogP contribution in [0.3, 0.4) is 0 Å². The Bertz CT molecular complexity index is 1050. The Morgan fingerprint density at radius 2 is 1.90 bits per heavy atom. The maximum Gasteiger partial charge on any atom is 0.229 e. The molecule has 0 aliphatic carbocycles. The van der Waals surface area contributed by atoms with Gasteiger partial charge in [-0.15, -0.1) is 0 Å². The molecule has 29 heavy (non-hydrogen) atoms. The first-order valence-electron chi connectivity index (χ1n) is 9.29. The molecule has 3 heterocycles. The minimum absolute atomic E-state index is 0.0632. The van der Waals surface area contributed by atoms with Crippen LogP contribution in [0.1, 0.15) is 22.6 Å². The van der Waals surface area contributed by atoms with Crippen molar-refractivity contribution >= 4 is 11.6 Å². The lowest BCUT2D eigenvalue weighted by Crippen LogP contribution is -2.27. The molecule has 1 aliphatic heterocycles. The first kappa shape index (κ1) is 19.0. The molecule has 3 aromatic rings. The topological polar surface area (TPSA) is 81.3 Å². The van der Waals surface area contributed by atoms with Crippen LogP contribution >= 0.6 is 0 Å². The molecule has 0 bridgehead atoms. The summed E-state index contributed by atoms with van der Waals surface area (Å²) in [6.45, 7) is 1.42. The summed E-state index contributed by atoms with van der Waals surface area (Å²) >= 11 is 0. The number of nitrogen functional groups attached to an aromatic ring is 1. The largest absolute Gasteiger partial charge is 0.397 e. The Morgan fingerprint density at radius 3 is 2.66 bits per heavy atom. The molecule has 1 aliphatic rings. The summed E-state index contributed by atoms with van der Waals surface area (Å²) < 4.78 is 18.3. The van der Waals surface area contributed by atoms with Gasteiger partial charge in [-0.25, -0.2) is 4.39 Å². The van der Waals surface area contributed by atoms with Gasteiger partial charge < -0.3 is 15.4 Å². The molecule has 4 rings (SSSR count). The van der Waals surface area contributed by atoms with E-state index < -0.39 is 0 Å². The lowest BCUT2D eigenvalue weighted by atomic mass is 10.1. The highest BCUT2D eigenvalue weighted by Crippen LogP contribution is 2.25. The number of aromatic nitrogens is 2. The summed E-state index contributed by atoms with van der Waals surface area (Å²) in [4.78, 5) is 23.7. The van der Waals surface area contributed by atoms with Crippen LogP contribution in [-0.2, 0) is 35.6 Å². The van der Waals surface area contributed by atoms with Crippen LogP contribution in [0, 0.1) is 5.82 Å². The first-order chi connectivity index (χ1) is 14.0. The second-order valence-electron chi connectivity index (χ2n) is 7.01. The molecule has 0 unspecified atom stereocenters. The maximum atomic E-state index is 13.2. The number of methoxy groups -OCH3 is 1. The van der Waals surface area contributed by atoms with Crippen LogP contribution in [0.2, 0.25) is 0 Å². The lowest BCUT2D eigenvalue weighted by molar-refractivity contribution is -0.131. The number of rotatable bonds is 5. The van der Waals surface area contributed by atoms with Gasteiger partial charge in [-0.2, -0.15) is 0 Å². The van der Waals surface area contributed by atoms with Gasteiger partial charge in [-0.3, -0.25) is 14.8 Å². The first-order valence-corrected chi connectivity index (χ1v) is 9.29. The van der Waals surface area contributed by atoms with E-state index in [4.69, 9.17) is 10.5 Å².